The molecule has 2 fully saturated rings. The van der Waals surface area contributed by atoms with Gasteiger partial charge in [-0.25, -0.2) is 9.69 Å². The molecule has 178 valence electrons. The second-order valence-corrected chi connectivity index (χ2v) is 10.4. The molecule has 6 rings (SSSR count). The Morgan fingerprint density at radius 1 is 0.829 bits per heavy atom. The number of anilines is 3. The number of para-hydroxylation sites is 3. The predicted molar refractivity (Wildman–Crippen MR) is 142 cm³/mol. The van der Waals surface area contributed by atoms with E-state index in [0.717, 1.165) is 56.8 Å². The summed E-state index contributed by atoms with van der Waals surface area (Å²) in [7, 11) is 0. The summed E-state index contributed by atoms with van der Waals surface area (Å²) in [5.41, 5.74) is 3.60. The minimum Gasteiger partial charge on any atom is -0.436 e. The summed E-state index contributed by atoms with van der Waals surface area (Å²) < 4.78 is 5.95. The van der Waals surface area contributed by atoms with Crippen molar-refractivity contribution in [3.8, 4) is 0 Å². The Morgan fingerprint density at radius 2 is 1.43 bits per heavy atom. The van der Waals surface area contributed by atoms with E-state index in [1.807, 2.05) is 42.1 Å². The Kier molecular flexibility index (Phi) is 5.78. The van der Waals surface area contributed by atoms with Crippen LogP contribution in [0.5, 0.6) is 0 Å². The number of carbonyl (C=O) groups excluding carboxylic acids is 1. The van der Waals surface area contributed by atoms with Crippen molar-refractivity contribution in [2.75, 3.05) is 36.0 Å². The second kappa shape index (κ2) is 9.10. The molecule has 6 heteroatoms. The van der Waals surface area contributed by atoms with Gasteiger partial charge in [-0.3, -0.25) is 0 Å². The summed E-state index contributed by atoms with van der Waals surface area (Å²) in [5.74, 6) is 0. The summed E-state index contributed by atoms with van der Waals surface area (Å²) in [5, 5.41) is 0. The summed E-state index contributed by atoms with van der Waals surface area (Å²) in [4.78, 5) is 21.9. The van der Waals surface area contributed by atoms with Crippen LogP contribution in [0.1, 0.15) is 19.3 Å². The number of likely N-dealkylation sites (tertiary alicyclic amines) is 1. The summed E-state index contributed by atoms with van der Waals surface area (Å²) >= 11 is 1.85. The van der Waals surface area contributed by atoms with Gasteiger partial charge < -0.3 is 14.5 Å². The molecule has 0 N–H and O–H groups in total. The predicted octanol–water partition coefficient (Wildman–Crippen LogP) is 6.68. The second-order valence-electron chi connectivity index (χ2n) is 9.36. The van der Waals surface area contributed by atoms with Crippen molar-refractivity contribution in [2.24, 2.45) is 0 Å². The van der Waals surface area contributed by atoms with Crippen LogP contribution in [-0.4, -0.2) is 42.8 Å². The Labute approximate surface area is 211 Å². The van der Waals surface area contributed by atoms with Gasteiger partial charge in [-0.15, -0.1) is 0 Å². The lowest BCUT2D eigenvalue weighted by atomic mass is 9.88. The van der Waals surface area contributed by atoms with Crippen LogP contribution in [0, 0.1) is 0 Å². The number of rotatable bonds is 5. The zero-order chi connectivity index (χ0) is 23.8. The van der Waals surface area contributed by atoms with Gasteiger partial charge in [0.1, 0.15) is 0 Å². The van der Waals surface area contributed by atoms with E-state index in [-0.39, 0.29) is 6.09 Å². The molecular formula is C29H29N3O2S. The van der Waals surface area contributed by atoms with Crippen LogP contribution in [0.2, 0.25) is 0 Å². The van der Waals surface area contributed by atoms with Gasteiger partial charge in [0.05, 0.1) is 22.8 Å². The average molecular weight is 484 g/mol. The number of benzene rings is 3. The molecule has 0 bridgehead atoms. The first kappa shape index (κ1) is 22.3. The fourth-order valence-corrected chi connectivity index (χ4v) is 6.52. The van der Waals surface area contributed by atoms with Gasteiger partial charge in [-0.2, -0.15) is 0 Å². The van der Waals surface area contributed by atoms with E-state index in [4.69, 9.17) is 4.74 Å². The maximum atomic E-state index is 12.7. The monoisotopic (exact) mass is 483 g/mol. The Hall–Kier alpha value is -3.22. The highest BCUT2D eigenvalue weighted by molar-refractivity contribution is 7.99. The number of ether oxygens (including phenoxy) is 1. The normalized spacial score (nSPS) is 19.0. The van der Waals surface area contributed by atoms with E-state index in [1.165, 1.54) is 21.2 Å². The smallest absolute Gasteiger partial charge is 0.419 e. The maximum Gasteiger partial charge on any atom is 0.419 e. The van der Waals surface area contributed by atoms with E-state index in [9.17, 15) is 4.79 Å². The van der Waals surface area contributed by atoms with E-state index in [0.29, 0.717) is 0 Å². The zero-order valence-corrected chi connectivity index (χ0v) is 20.5. The molecule has 3 aliphatic heterocycles. The molecule has 3 aliphatic rings. The van der Waals surface area contributed by atoms with Gasteiger partial charge in [0.15, 0.2) is 5.60 Å². The Morgan fingerprint density at radius 3 is 2.09 bits per heavy atom. The zero-order valence-electron chi connectivity index (χ0n) is 19.7. The van der Waals surface area contributed by atoms with E-state index >= 15 is 0 Å². The first-order valence-electron chi connectivity index (χ1n) is 12.3. The van der Waals surface area contributed by atoms with Crippen molar-refractivity contribution in [1.29, 1.82) is 0 Å². The average Bonchev–Trinajstić information content (AvgIpc) is 3.14. The molecule has 2 saturated heterocycles. The highest BCUT2D eigenvalue weighted by Gasteiger charge is 2.50. The molecule has 3 aromatic rings. The highest BCUT2D eigenvalue weighted by Crippen LogP contribution is 2.48. The highest BCUT2D eigenvalue weighted by atomic mass is 32.2. The molecule has 0 aliphatic carbocycles. The standard InChI is InChI=1S/C29H29N3O2S/c1-22-29(34-28(33)32(22)23-10-3-2-4-11-23)16-20-30(21-17-29)18-9-19-31-24-12-5-7-14-26(24)35-27-15-8-6-13-25(27)31/h2-8,10-15H,1,9,16-21H2. The van der Waals surface area contributed by atoms with Crippen molar-refractivity contribution >= 4 is 34.9 Å². The van der Waals surface area contributed by atoms with Gasteiger partial charge >= 0.3 is 6.09 Å². The molecular weight excluding hydrogens is 454 g/mol. The SMILES string of the molecule is C=C1N(c2ccccc2)C(=O)OC12CCN(CCCN1c3ccccc3Sc3ccccc31)CC2. The largest absolute Gasteiger partial charge is 0.436 e. The van der Waals surface area contributed by atoms with E-state index in [2.05, 4.69) is 64.9 Å². The third kappa shape index (κ3) is 4.01. The van der Waals surface area contributed by atoms with Crippen LogP contribution in [0.4, 0.5) is 21.9 Å². The molecule has 1 amide bonds. The molecule has 3 aromatic carbocycles. The Bertz CT molecular complexity index is 1210. The van der Waals surface area contributed by atoms with Crippen LogP contribution in [0.25, 0.3) is 0 Å². The molecule has 0 radical (unpaired) electrons. The van der Waals surface area contributed by atoms with Gasteiger partial charge in [-0.05, 0) is 49.4 Å². The fourth-order valence-electron chi connectivity index (χ4n) is 5.43. The maximum absolute atomic E-state index is 12.7. The van der Waals surface area contributed by atoms with Crippen LogP contribution >= 0.6 is 11.8 Å². The molecule has 0 aromatic heterocycles. The number of piperidine rings is 1. The van der Waals surface area contributed by atoms with Gasteiger partial charge in [0.2, 0.25) is 0 Å². The van der Waals surface area contributed by atoms with Crippen molar-refractivity contribution in [1.82, 2.24) is 4.90 Å². The van der Waals surface area contributed by atoms with Gasteiger partial charge in [-0.1, -0.05) is 60.8 Å². The lowest BCUT2D eigenvalue weighted by Crippen LogP contribution is -2.46. The first-order chi connectivity index (χ1) is 17.1. The van der Waals surface area contributed by atoms with Crippen molar-refractivity contribution in [3.63, 3.8) is 0 Å². The topological polar surface area (TPSA) is 36.0 Å². The number of nitrogens with zero attached hydrogens (tertiary/aromatic N) is 3. The lowest BCUT2D eigenvalue weighted by molar-refractivity contribution is 0.0150. The molecule has 35 heavy (non-hydrogen) atoms. The third-order valence-corrected chi connectivity index (χ3v) is 8.46. The van der Waals surface area contributed by atoms with Crippen molar-refractivity contribution < 1.29 is 9.53 Å². The quantitative estimate of drug-likeness (QED) is 0.404. The van der Waals surface area contributed by atoms with Gasteiger partial charge in [0, 0.05) is 42.3 Å². The van der Waals surface area contributed by atoms with Crippen molar-refractivity contribution in [2.45, 2.75) is 34.7 Å². The molecule has 1 spiro atoms. The summed E-state index contributed by atoms with van der Waals surface area (Å²) in [6.45, 7) is 8.08. The molecule has 5 nitrogen and oxygen atoms in total. The minimum absolute atomic E-state index is 0.310. The molecule has 0 atom stereocenters. The molecule has 3 heterocycles. The number of hydrogen-bond donors (Lipinski definition) is 0. The lowest BCUT2D eigenvalue weighted by Gasteiger charge is -2.38. The number of hydrogen-bond acceptors (Lipinski definition) is 5. The summed E-state index contributed by atoms with van der Waals surface area (Å²) in [6, 6.07) is 27.0. The van der Waals surface area contributed by atoms with Crippen molar-refractivity contribution in [3.05, 3.63) is 91.1 Å². The summed E-state index contributed by atoms with van der Waals surface area (Å²) in [6.07, 6.45) is 2.33. The first-order valence-corrected chi connectivity index (χ1v) is 13.1. The van der Waals surface area contributed by atoms with Crippen LogP contribution < -0.4 is 9.80 Å². The van der Waals surface area contributed by atoms with Crippen LogP contribution in [0.15, 0.2) is 101 Å². The molecule has 0 unspecified atom stereocenters. The third-order valence-electron chi connectivity index (χ3n) is 7.33. The number of fused-ring (bicyclic) bond motifs is 2. The number of amides is 1. The number of carbonyl (C=O) groups is 1. The van der Waals surface area contributed by atoms with E-state index in [1.54, 1.807) is 4.90 Å². The Balaban J connectivity index is 1.08. The molecule has 0 saturated carbocycles. The fraction of sp³-hybridized carbons (Fsp3) is 0.276. The van der Waals surface area contributed by atoms with E-state index < -0.39 is 5.60 Å². The van der Waals surface area contributed by atoms with Crippen LogP contribution in [-0.2, 0) is 4.74 Å². The minimum atomic E-state index is -0.578. The van der Waals surface area contributed by atoms with Crippen LogP contribution in [0.3, 0.4) is 0 Å². The van der Waals surface area contributed by atoms with Gasteiger partial charge in [0.25, 0.3) is 0 Å².